The van der Waals surface area contributed by atoms with Gasteiger partial charge in [-0.2, -0.15) is 0 Å². The van der Waals surface area contributed by atoms with Gasteiger partial charge in [0.15, 0.2) is 6.29 Å². The van der Waals surface area contributed by atoms with Crippen molar-refractivity contribution in [1.82, 2.24) is 14.8 Å². The van der Waals surface area contributed by atoms with Gasteiger partial charge in [0.25, 0.3) is 0 Å². The maximum Gasteiger partial charge on any atom is 0.236 e. The van der Waals surface area contributed by atoms with E-state index in [0.717, 1.165) is 63.3 Å². The Bertz CT molecular complexity index is 608. The number of nitrogens with one attached hydrogen (secondary N) is 1. The quantitative estimate of drug-likeness (QED) is 0.464. The second-order valence-corrected chi connectivity index (χ2v) is 7.25. The standard InChI is InChI=1S/C19H30N4O3/c24-17-13-22(11-12-23(17)14-18(25)26)10-3-1-2-6-16-8-7-15-5-4-9-20-19(15)21-16/h7-8,18,25-26H,1-6,9-14H2,(H,20,21). The topological polar surface area (TPSA) is 88.9 Å². The first-order valence-corrected chi connectivity index (χ1v) is 9.71. The molecule has 2 aliphatic heterocycles. The molecule has 1 saturated heterocycles. The number of amides is 1. The lowest BCUT2D eigenvalue weighted by Crippen LogP contribution is -2.52. The fourth-order valence-electron chi connectivity index (χ4n) is 3.66. The predicted molar refractivity (Wildman–Crippen MR) is 99.8 cm³/mol. The summed E-state index contributed by atoms with van der Waals surface area (Å²) in [5, 5.41) is 21.4. The van der Waals surface area contributed by atoms with Crippen molar-refractivity contribution in [3.63, 3.8) is 0 Å². The summed E-state index contributed by atoms with van der Waals surface area (Å²) in [6.07, 6.45) is 5.16. The van der Waals surface area contributed by atoms with E-state index in [0.29, 0.717) is 13.1 Å². The van der Waals surface area contributed by atoms with E-state index in [9.17, 15) is 4.79 Å². The van der Waals surface area contributed by atoms with E-state index >= 15 is 0 Å². The molecule has 0 bridgehead atoms. The molecule has 7 nitrogen and oxygen atoms in total. The normalized spacial score (nSPS) is 18.1. The van der Waals surface area contributed by atoms with Gasteiger partial charge >= 0.3 is 0 Å². The van der Waals surface area contributed by atoms with Gasteiger partial charge in [-0.15, -0.1) is 0 Å². The van der Waals surface area contributed by atoms with E-state index in [1.54, 1.807) is 0 Å². The minimum Gasteiger partial charge on any atom is -0.370 e. The molecule has 0 aliphatic carbocycles. The molecule has 0 unspecified atom stereocenters. The third kappa shape index (κ3) is 5.40. The van der Waals surface area contributed by atoms with Crippen LogP contribution in [0.3, 0.4) is 0 Å². The molecule has 2 aliphatic rings. The van der Waals surface area contributed by atoms with Gasteiger partial charge < -0.3 is 20.4 Å². The molecule has 1 fully saturated rings. The molecule has 0 saturated carbocycles. The molecule has 3 rings (SSSR count). The minimum absolute atomic E-state index is 0.00923. The number of fused-ring (bicyclic) bond motifs is 1. The molecule has 0 aromatic carbocycles. The number of rotatable bonds is 8. The summed E-state index contributed by atoms with van der Waals surface area (Å²) in [6, 6.07) is 4.36. The van der Waals surface area contributed by atoms with Crippen molar-refractivity contribution in [2.45, 2.75) is 44.8 Å². The highest BCUT2D eigenvalue weighted by Gasteiger charge is 2.24. The van der Waals surface area contributed by atoms with E-state index in [1.807, 2.05) is 0 Å². The van der Waals surface area contributed by atoms with E-state index in [2.05, 4.69) is 22.3 Å². The fourth-order valence-corrected chi connectivity index (χ4v) is 3.66. The van der Waals surface area contributed by atoms with Crippen molar-refractivity contribution in [1.29, 1.82) is 0 Å². The Hall–Kier alpha value is -1.70. The van der Waals surface area contributed by atoms with Crippen LogP contribution in [0.25, 0.3) is 0 Å². The van der Waals surface area contributed by atoms with Crippen LogP contribution in [-0.4, -0.2) is 76.5 Å². The zero-order valence-electron chi connectivity index (χ0n) is 15.4. The van der Waals surface area contributed by atoms with Crippen LogP contribution < -0.4 is 5.32 Å². The number of nitrogens with zero attached hydrogens (tertiary/aromatic N) is 3. The lowest BCUT2D eigenvalue weighted by molar-refractivity contribution is -0.143. The average Bonchev–Trinajstić information content (AvgIpc) is 2.63. The van der Waals surface area contributed by atoms with Crippen LogP contribution in [0.1, 0.15) is 36.9 Å². The third-order valence-electron chi connectivity index (χ3n) is 5.14. The number of aliphatic hydroxyl groups excluding tert-OH is 1. The summed E-state index contributed by atoms with van der Waals surface area (Å²) in [5.41, 5.74) is 2.49. The number of aromatic nitrogens is 1. The number of aliphatic hydroxyl groups is 2. The van der Waals surface area contributed by atoms with Crippen LogP contribution in [0.2, 0.25) is 0 Å². The number of piperazine rings is 1. The summed E-state index contributed by atoms with van der Waals surface area (Å²) in [7, 11) is 0. The highest BCUT2D eigenvalue weighted by molar-refractivity contribution is 5.79. The molecular formula is C19H30N4O3. The van der Waals surface area contributed by atoms with Gasteiger partial charge in [0.05, 0.1) is 13.1 Å². The summed E-state index contributed by atoms with van der Waals surface area (Å²) in [4.78, 5) is 20.4. The maximum absolute atomic E-state index is 12.0. The summed E-state index contributed by atoms with van der Waals surface area (Å²) >= 11 is 0. The van der Waals surface area contributed by atoms with Gasteiger partial charge in [-0.1, -0.05) is 12.5 Å². The van der Waals surface area contributed by atoms with Gasteiger partial charge in [0, 0.05) is 25.3 Å². The number of hydrogen-bond acceptors (Lipinski definition) is 6. The number of pyridine rings is 1. The molecule has 3 heterocycles. The fraction of sp³-hybridized carbons (Fsp3) is 0.684. The van der Waals surface area contributed by atoms with Crippen LogP contribution in [0.15, 0.2) is 12.1 Å². The lowest BCUT2D eigenvalue weighted by Gasteiger charge is -2.34. The number of hydrogen-bond donors (Lipinski definition) is 3. The highest BCUT2D eigenvalue weighted by atomic mass is 16.5. The Kier molecular flexibility index (Phi) is 6.82. The van der Waals surface area contributed by atoms with Crippen LogP contribution in [0.4, 0.5) is 5.82 Å². The second kappa shape index (κ2) is 9.30. The molecule has 26 heavy (non-hydrogen) atoms. The molecule has 0 spiro atoms. The van der Waals surface area contributed by atoms with Gasteiger partial charge in [-0.3, -0.25) is 9.69 Å². The van der Waals surface area contributed by atoms with Gasteiger partial charge in [-0.25, -0.2) is 4.98 Å². The van der Waals surface area contributed by atoms with Crippen molar-refractivity contribution >= 4 is 11.7 Å². The number of β-amino-alcohol motifs (C(OH)–C–C–N with tert-alkyl or cyclic N) is 2. The minimum atomic E-state index is -1.45. The number of anilines is 1. The molecule has 0 radical (unpaired) electrons. The third-order valence-corrected chi connectivity index (χ3v) is 5.14. The first-order valence-electron chi connectivity index (χ1n) is 9.71. The first kappa shape index (κ1) is 19.1. The smallest absolute Gasteiger partial charge is 0.236 e. The van der Waals surface area contributed by atoms with Crippen LogP contribution >= 0.6 is 0 Å². The predicted octanol–water partition coefficient (Wildman–Crippen LogP) is 0.607. The monoisotopic (exact) mass is 362 g/mol. The lowest BCUT2D eigenvalue weighted by atomic mass is 10.1. The molecular weight excluding hydrogens is 332 g/mol. The van der Waals surface area contributed by atoms with Gasteiger partial charge in [0.1, 0.15) is 5.82 Å². The van der Waals surface area contributed by atoms with Crippen molar-refractivity contribution in [2.24, 2.45) is 0 Å². The summed E-state index contributed by atoms with van der Waals surface area (Å²) in [6.45, 7) is 3.70. The van der Waals surface area contributed by atoms with E-state index in [1.165, 1.54) is 16.9 Å². The van der Waals surface area contributed by atoms with Crippen molar-refractivity contribution < 1.29 is 15.0 Å². The molecule has 144 valence electrons. The molecule has 1 aromatic heterocycles. The van der Waals surface area contributed by atoms with Crippen LogP contribution in [0.5, 0.6) is 0 Å². The van der Waals surface area contributed by atoms with Gasteiger partial charge in [-0.05, 0) is 50.3 Å². The molecule has 1 aromatic rings. The maximum atomic E-state index is 12.0. The Morgan fingerprint density at radius 1 is 1.19 bits per heavy atom. The number of carbonyl (C=O) groups excluding carboxylic acids is 1. The van der Waals surface area contributed by atoms with E-state index < -0.39 is 6.29 Å². The zero-order valence-corrected chi connectivity index (χ0v) is 15.4. The van der Waals surface area contributed by atoms with E-state index in [-0.39, 0.29) is 12.5 Å². The Labute approximate surface area is 155 Å². The Morgan fingerprint density at radius 2 is 2.08 bits per heavy atom. The van der Waals surface area contributed by atoms with Crippen LogP contribution in [0, 0.1) is 0 Å². The second-order valence-electron chi connectivity index (χ2n) is 7.25. The highest BCUT2D eigenvalue weighted by Crippen LogP contribution is 2.20. The number of unbranched alkanes of at least 4 members (excludes halogenated alkanes) is 2. The molecule has 1 amide bonds. The van der Waals surface area contributed by atoms with E-state index in [4.69, 9.17) is 15.2 Å². The number of aryl methyl sites for hydroxylation is 2. The molecule has 7 heteroatoms. The van der Waals surface area contributed by atoms with Crippen molar-refractivity contribution in [3.8, 4) is 0 Å². The molecule has 0 atom stereocenters. The SMILES string of the molecule is O=C1CN(CCCCCc2ccc3c(n2)NCCC3)CCN1CC(O)O. The largest absolute Gasteiger partial charge is 0.370 e. The summed E-state index contributed by atoms with van der Waals surface area (Å²) < 4.78 is 0. The molecule has 3 N–H and O–H groups in total. The number of carbonyl (C=O) groups is 1. The Balaban J connectivity index is 1.32. The first-order chi connectivity index (χ1) is 12.6. The Morgan fingerprint density at radius 3 is 2.88 bits per heavy atom. The van der Waals surface area contributed by atoms with Crippen molar-refractivity contribution in [3.05, 3.63) is 23.4 Å². The summed E-state index contributed by atoms with van der Waals surface area (Å²) in [5.74, 6) is 1.05. The zero-order chi connectivity index (χ0) is 18.4. The van der Waals surface area contributed by atoms with Gasteiger partial charge in [0.2, 0.25) is 5.91 Å². The average molecular weight is 362 g/mol. The van der Waals surface area contributed by atoms with Crippen molar-refractivity contribution in [2.75, 3.05) is 44.6 Å². The van der Waals surface area contributed by atoms with Crippen LogP contribution in [-0.2, 0) is 17.6 Å².